The van der Waals surface area contributed by atoms with Gasteiger partial charge in [0.2, 0.25) is 5.91 Å². The Kier molecular flexibility index (Phi) is 3.53. The van der Waals surface area contributed by atoms with Gasteiger partial charge in [0.1, 0.15) is 17.8 Å². The lowest BCUT2D eigenvalue weighted by Gasteiger charge is -2.15. The second-order valence-corrected chi connectivity index (χ2v) is 4.16. The molecule has 1 atom stereocenters. The molecule has 1 aromatic carbocycles. The largest absolute Gasteiger partial charge is 0.397 e. The van der Waals surface area contributed by atoms with Crippen molar-refractivity contribution in [2.75, 3.05) is 11.1 Å². The average molecular weight is 254 g/mol. The van der Waals surface area contributed by atoms with Crippen LogP contribution in [0.2, 0.25) is 0 Å². The van der Waals surface area contributed by atoms with Gasteiger partial charge >= 0.3 is 0 Å². The summed E-state index contributed by atoms with van der Waals surface area (Å²) in [6.07, 6.45) is 1.71. The Bertz CT molecular complexity index is 639. The fourth-order valence-electron chi connectivity index (χ4n) is 1.80. The minimum Gasteiger partial charge on any atom is -0.397 e. The molecule has 2 aromatic rings. The van der Waals surface area contributed by atoms with Crippen molar-refractivity contribution in [3.63, 3.8) is 0 Å². The van der Waals surface area contributed by atoms with Crippen LogP contribution in [0, 0.1) is 11.3 Å². The van der Waals surface area contributed by atoms with Gasteiger partial charge in [0.25, 0.3) is 0 Å². The van der Waals surface area contributed by atoms with Crippen molar-refractivity contribution in [3.05, 3.63) is 48.3 Å². The van der Waals surface area contributed by atoms with Gasteiger partial charge in [0.15, 0.2) is 0 Å². The summed E-state index contributed by atoms with van der Waals surface area (Å²) < 4.78 is 1.62. The Balaban J connectivity index is 2.17. The van der Waals surface area contributed by atoms with Crippen LogP contribution in [-0.4, -0.2) is 10.5 Å². The number of amides is 1. The van der Waals surface area contributed by atoms with Crippen molar-refractivity contribution in [1.82, 2.24) is 4.57 Å². The number of nitrogens with one attached hydrogen (secondary N) is 1. The van der Waals surface area contributed by atoms with Gasteiger partial charge in [-0.3, -0.25) is 4.79 Å². The van der Waals surface area contributed by atoms with Crippen LogP contribution < -0.4 is 11.1 Å². The van der Waals surface area contributed by atoms with Gasteiger partial charge in [0, 0.05) is 6.20 Å². The number of anilines is 2. The van der Waals surface area contributed by atoms with Gasteiger partial charge in [-0.2, -0.15) is 5.26 Å². The summed E-state index contributed by atoms with van der Waals surface area (Å²) in [6.45, 7) is 1.73. The van der Waals surface area contributed by atoms with Crippen molar-refractivity contribution in [3.8, 4) is 6.07 Å². The third-order valence-electron chi connectivity index (χ3n) is 2.91. The van der Waals surface area contributed by atoms with E-state index in [1.807, 2.05) is 6.07 Å². The number of nitrogens with two attached hydrogens (primary N) is 1. The average Bonchev–Trinajstić information content (AvgIpc) is 2.88. The van der Waals surface area contributed by atoms with Crippen molar-refractivity contribution >= 4 is 17.3 Å². The van der Waals surface area contributed by atoms with Crippen LogP contribution in [-0.2, 0) is 4.79 Å². The predicted octanol–water partition coefficient (Wildman–Crippen LogP) is 2.14. The first kappa shape index (κ1) is 12.7. The first-order valence-corrected chi connectivity index (χ1v) is 5.86. The molecule has 5 nitrogen and oxygen atoms in total. The summed E-state index contributed by atoms with van der Waals surface area (Å²) in [5.41, 5.74) is 7.30. The molecule has 0 aliphatic heterocycles. The zero-order valence-corrected chi connectivity index (χ0v) is 10.5. The molecular formula is C14H14N4O. The number of para-hydroxylation sites is 2. The fraction of sp³-hybridized carbons (Fsp3) is 0.143. The topological polar surface area (TPSA) is 83.8 Å². The predicted molar refractivity (Wildman–Crippen MR) is 73.3 cm³/mol. The number of hydrogen-bond donors (Lipinski definition) is 2. The zero-order chi connectivity index (χ0) is 13.8. The molecule has 1 aromatic heterocycles. The maximum atomic E-state index is 12.1. The smallest absolute Gasteiger partial charge is 0.247 e. The highest BCUT2D eigenvalue weighted by Crippen LogP contribution is 2.19. The number of hydrogen-bond acceptors (Lipinski definition) is 3. The van der Waals surface area contributed by atoms with E-state index < -0.39 is 6.04 Å². The lowest BCUT2D eigenvalue weighted by Crippen LogP contribution is -2.24. The Morgan fingerprint density at radius 2 is 2.11 bits per heavy atom. The minimum absolute atomic E-state index is 0.217. The number of nitriles is 1. The highest BCUT2D eigenvalue weighted by Gasteiger charge is 2.17. The van der Waals surface area contributed by atoms with Gasteiger partial charge in [-0.05, 0) is 31.2 Å². The maximum Gasteiger partial charge on any atom is 0.247 e. The van der Waals surface area contributed by atoms with Crippen LogP contribution in [0.4, 0.5) is 11.4 Å². The van der Waals surface area contributed by atoms with E-state index in [2.05, 4.69) is 5.32 Å². The molecule has 0 aliphatic rings. The molecule has 0 fully saturated rings. The van der Waals surface area contributed by atoms with Crippen LogP contribution >= 0.6 is 0 Å². The van der Waals surface area contributed by atoms with E-state index in [4.69, 9.17) is 11.0 Å². The Hall–Kier alpha value is -2.74. The number of rotatable bonds is 3. The molecule has 0 saturated carbocycles. The summed E-state index contributed by atoms with van der Waals surface area (Å²) in [4.78, 5) is 12.1. The number of nitrogen functional groups attached to an aromatic ring is 1. The molecule has 0 spiro atoms. The lowest BCUT2D eigenvalue weighted by molar-refractivity contribution is -0.118. The molecule has 19 heavy (non-hydrogen) atoms. The normalized spacial score (nSPS) is 11.6. The van der Waals surface area contributed by atoms with Gasteiger partial charge in [-0.25, -0.2) is 0 Å². The van der Waals surface area contributed by atoms with Crippen LogP contribution in [0.15, 0.2) is 42.6 Å². The number of benzene rings is 1. The van der Waals surface area contributed by atoms with Crippen LogP contribution in [0.25, 0.3) is 0 Å². The van der Waals surface area contributed by atoms with Crippen LogP contribution in [0.5, 0.6) is 0 Å². The SMILES string of the molecule is CC(C(=O)Nc1ccccc1N)n1cccc1C#N. The van der Waals surface area contributed by atoms with E-state index in [1.54, 1.807) is 54.1 Å². The molecule has 1 heterocycles. The second kappa shape index (κ2) is 5.27. The minimum atomic E-state index is -0.482. The highest BCUT2D eigenvalue weighted by atomic mass is 16.2. The Morgan fingerprint density at radius 1 is 1.37 bits per heavy atom. The van der Waals surface area contributed by atoms with E-state index in [-0.39, 0.29) is 5.91 Å². The Morgan fingerprint density at radius 3 is 2.79 bits per heavy atom. The van der Waals surface area contributed by atoms with E-state index >= 15 is 0 Å². The maximum absolute atomic E-state index is 12.1. The van der Waals surface area contributed by atoms with E-state index in [0.717, 1.165) is 0 Å². The molecule has 5 heteroatoms. The molecule has 0 aliphatic carbocycles. The van der Waals surface area contributed by atoms with Crippen molar-refractivity contribution < 1.29 is 4.79 Å². The number of carbonyl (C=O) groups excluding carboxylic acids is 1. The summed E-state index contributed by atoms with van der Waals surface area (Å²) in [5.74, 6) is -0.217. The molecule has 1 unspecified atom stereocenters. The van der Waals surface area contributed by atoms with Gasteiger partial charge in [0.05, 0.1) is 11.4 Å². The number of carbonyl (C=O) groups is 1. The first-order valence-electron chi connectivity index (χ1n) is 5.86. The summed E-state index contributed by atoms with van der Waals surface area (Å²) in [5, 5.41) is 11.7. The molecule has 0 saturated heterocycles. The van der Waals surface area contributed by atoms with E-state index in [1.165, 1.54) is 0 Å². The fourth-order valence-corrected chi connectivity index (χ4v) is 1.80. The number of nitrogens with zero attached hydrogens (tertiary/aromatic N) is 2. The summed E-state index contributed by atoms with van der Waals surface area (Å²) in [6, 6.07) is 12.0. The van der Waals surface area contributed by atoms with Crippen molar-refractivity contribution in [2.24, 2.45) is 0 Å². The molecule has 0 radical (unpaired) electrons. The molecule has 1 amide bonds. The zero-order valence-electron chi connectivity index (χ0n) is 10.5. The standard InChI is InChI=1S/C14H14N4O/c1-10(18-8-4-5-11(18)9-15)14(19)17-13-7-3-2-6-12(13)16/h2-8,10H,16H2,1H3,(H,17,19). The van der Waals surface area contributed by atoms with Gasteiger partial charge in [-0.1, -0.05) is 12.1 Å². The van der Waals surface area contributed by atoms with E-state index in [0.29, 0.717) is 17.1 Å². The molecular weight excluding hydrogens is 240 g/mol. The number of aromatic nitrogens is 1. The van der Waals surface area contributed by atoms with Crippen LogP contribution in [0.3, 0.4) is 0 Å². The Labute approximate surface area is 111 Å². The molecule has 96 valence electrons. The van der Waals surface area contributed by atoms with E-state index in [9.17, 15) is 4.79 Å². The molecule has 2 rings (SSSR count). The van der Waals surface area contributed by atoms with Gasteiger partial charge in [-0.15, -0.1) is 0 Å². The van der Waals surface area contributed by atoms with Crippen molar-refractivity contribution in [2.45, 2.75) is 13.0 Å². The second-order valence-electron chi connectivity index (χ2n) is 4.16. The highest BCUT2D eigenvalue weighted by molar-refractivity contribution is 5.96. The third-order valence-corrected chi connectivity index (χ3v) is 2.91. The summed E-state index contributed by atoms with van der Waals surface area (Å²) in [7, 11) is 0. The lowest BCUT2D eigenvalue weighted by atomic mass is 10.2. The van der Waals surface area contributed by atoms with Crippen LogP contribution in [0.1, 0.15) is 18.7 Å². The molecule has 3 N–H and O–H groups in total. The summed E-state index contributed by atoms with van der Waals surface area (Å²) >= 11 is 0. The van der Waals surface area contributed by atoms with Crippen molar-refractivity contribution in [1.29, 1.82) is 5.26 Å². The third kappa shape index (κ3) is 2.58. The molecule has 0 bridgehead atoms. The monoisotopic (exact) mass is 254 g/mol. The van der Waals surface area contributed by atoms with Gasteiger partial charge < -0.3 is 15.6 Å². The first-order chi connectivity index (χ1) is 9.13. The quantitative estimate of drug-likeness (QED) is 0.823.